The van der Waals surface area contributed by atoms with E-state index in [4.69, 9.17) is 4.43 Å². The van der Waals surface area contributed by atoms with Crippen molar-refractivity contribution < 1.29 is 14.0 Å². The van der Waals surface area contributed by atoms with Crippen molar-refractivity contribution in [3.63, 3.8) is 0 Å². The van der Waals surface area contributed by atoms with Crippen LogP contribution in [0.2, 0.25) is 18.1 Å². The number of hydrogen-bond acceptors (Lipinski definition) is 3. The molecule has 7 atom stereocenters. The van der Waals surface area contributed by atoms with Crippen LogP contribution in [0.3, 0.4) is 0 Å². The van der Waals surface area contributed by atoms with Gasteiger partial charge in [0.15, 0.2) is 8.32 Å². The molecular formula is C24H41NO3Si. The highest BCUT2D eigenvalue weighted by Gasteiger charge is 2.63. The molecule has 1 heterocycles. The number of amides is 1. The number of piperidine rings is 1. The van der Waals surface area contributed by atoms with Crippen LogP contribution in [-0.2, 0) is 14.0 Å². The number of carbonyl (C=O) groups excluding carboxylic acids is 2. The molecule has 1 amide bonds. The highest BCUT2D eigenvalue weighted by Crippen LogP contribution is 2.61. The fraction of sp³-hybridized carbons (Fsp3) is 0.917. The molecule has 4 aliphatic rings. The molecule has 2 unspecified atom stereocenters. The second-order valence-electron chi connectivity index (χ2n) is 12.5. The van der Waals surface area contributed by atoms with Gasteiger partial charge in [-0.3, -0.25) is 9.59 Å². The molecule has 0 bridgehead atoms. The molecule has 164 valence electrons. The first-order valence-corrected chi connectivity index (χ1v) is 14.7. The van der Waals surface area contributed by atoms with Gasteiger partial charge in [-0.2, -0.15) is 0 Å². The van der Waals surface area contributed by atoms with Gasteiger partial charge in [-0.05, 0) is 73.9 Å². The molecule has 1 aliphatic heterocycles. The highest BCUT2D eigenvalue weighted by molar-refractivity contribution is 6.74. The van der Waals surface area contributed by atoms with Crippen LogP contribution in [0.25, 0.3) is 0 Å². The van der Waals surface area contributed by atoms with Gasteiger partial charge in [0.25, 0.3) is 0 Å². The second kappa shape index (κ2) is 6.66. The van der Waals surface area contributed by atoms with Crippen molar-refractivity contribution in [1.82, 2.24) is 5.32 Å². The minimum absolute atomic E-state index is 0.0271. The average molecular weight is 420 g/mol. The Kier molecular flexibility index (Phi) is 4.94. The monoisotopic (exact) mass is 419 g/mol. The summed E-state index contributed by atoms with van der Waals surface area (Å²) in [5.74, 6) is 1.30. The maximum Gasteiger partial charge on any atom is 0.223 e. The average Bonchev–Trinajstić information content (AvgIpc) is 2.90. The summed E-state index contributed by atoms with van der Waals surface area (Å²) >= 11 is 0. The van der Waals surface area contributed by atoms with Crippen LogP contribution in [-0.4, -0.2) is 32.2 Å². The summed E-state index contributed by atoms with van der Waals surface area (Å²) in [6, 6.07) is 0.209. The molecule has 4 fully saturated rings. The SMILES string of the molecule is CC(C)(C)[Si](C)(C)OC1CC[C@@]2(C)C(C1)NC(=O)[C@@H]1[C@H]2CC[C@]2(C)C(=O)CC[C@@H]12. The molecule has 1 saturated heterocycles. The van der Waals surface area contributed by atoms with Crippen molar-refractivity contribution in [1.29, 1.82) is 0 Å². The van der Waals surface area contributed by atoms with Gasteiger partial charge in [0.1, 0.15) is 5.78 Å². The Hall–Kier alpha value is -0.683. The first-order valence-electron chi connectivity index (χ1n) is 11.8. The fourth-order valence-corrected chi connectivity index (χ4v) is 8.35. The van der Waals surface area contributed by atoms with Gasteiger partial charge >= 0.3 is 0 Å². The van der Waals surface area contributed by atoms with Gasteiger partial charge < -0.3 is 9.74 Å². The summed E-state index contributed by atoms with van der Waals surface area (Å²) in [5, 5.41) is 3.65. The summed E-state index contributed by atoms with van der Waals surface area (Å²) in [6.07, 6.45) is 6.98. The molecule has 4 rings (SSSR count). The van der Waals surface area contributed by atoms with Crippen LogP contribution in [0.1, 0.15) is 79.6 Å². The standard InChI is InChI=1S/C24H41NO3Si/c1-22(2,3)29(6,7)28-15-10-12-23(4)17-11-13-24(5)16(8-9-19(24)26)20(17)21(27)25-18(23)14-15/h15-18,20H,8-14H2,1-7H3,(H,25,27)/t15?,16-,17+,18?,20-,23+,24-/m0/s1. The lowest BCUT2D eigenvalue weighted by molar-refractivity contribution is -0.157. The third-order valence-electron chi connectivity index (χ3n) is 10.0. The van der Waals surface area contributed by atoms with E-state index in [-0.39, 0.29) is 45.8 Å². The van der Waals surface area contributed by atoms with E-state index in [0.29, 0.717) is 18.1 Å². The van der Waals surface area contributed by atoms with Crippen molar-refractivity contribution in [2.45, 2.75) is 110 Å². The Labute approximate surface area is 178 Å². The first-order chi connectivity index (χ1) is 13.3. The number of rotatable bonds is 2. The maximum absolute atomic E-state index is 13.3. The van der Waals surface area contributed by atoms with E-state index in [1.807, 2.05) is 0 Å². The zero-order chi connectivity index (χ0) is 21.4. The van der Waals surface area contributed by atoms with Gasteiger partial charge in [-0.25, -0.2) is 0 Å². The Balaban J connectivity index is 1.54. The quantitative estimate of drug-likeness (QED) is 0.635. The molecule has 0 aromatic rings. The molecular weight excluding hydrogens is 378 g/mol. The van der Waals surface area contributed by atoms with E-state index in [0.717, 1.165) is 38.5 Å². The topological polar surface area (TPSA) is 55.4 Å². The van der Waals surface area contributed by atoms with Crippen LogP contribution in [0, 0.1) is 28.6 Å². The molecule has 0 spiro atoms. The molecule has 29 heavy (non-hydrogen) atoms. The lowest BCUT2D eigenvalue weighted by Gasteiger charge is -2.59. The van der Waals surface area contributed by atoms with Gasteiger partial charge in [-0.15, -0.1) is 0 Å². The smallest absolute Gasteiger partial charge is 0.223 e. The zero-order valence-electron chi connectivity index (χ0n) is 19.6. The molecule has 5 heteroatoms. The Bertz CT molecular complexity index is 713. The van der Waals surface area contributed by atoms with Gasteiger partial charge in [0.05, 0.1) is 0 Å². The van der Waals surface area contributed by atoms with Crippen molar-refractivity contribution in [2.75, 3.05) is 0 Å². The number of fused-ring (bicyclic) bond motifs is 5. The van der Waals surface area contributed by atoms with Crippen molar-refractivity contribution in [3.8, 4) is 0 Å². The van der Waals surface area contributed by atoms with Gasteiger partial charge in [-0.1, -0.05) is 34.6 Å². The highest BCUT2D eigenvalue weighted by atomic mass is 28.4. The Morgan fingerprint density at radius 3 is 2.38 bits per heavy atom. The second-order valence-corrected chi connectivity index (χ2v) is 17.3. The third-order valence-corrected chi connectivity index (χ3v) is 14.5. The largest absolute Gasteiger partial charge is 0.414 e. The van der Waals surface area contributed by atoms with Gasteiger partial charge in [0.2, 0.25) is 5.91 Å². The molecule has 0 radical (unpaired) electrons. The number of Topliss-reactive ketones (excluding diaryl/α,β-unsaturated/α-hetero) is 1. The Morgan fingerprint density at radius 2 is 1.72 bits per heavy atom. The van der Waals surface area contributed by atoms with E-state index in [1.54, 1.807) is 0 Å². The van der Waals surface area contributed by atoms with Crippen molar-refractivity contribution >= 4 is 20.0 Å². The third kappa shape index (κ3) is 3.17. The van der Waals surface area contributed by atoms with Crippen LogP contribution < -0.4 is 5.32 Å². The molecule has 0 aromatic carbocycles. The van der Waals surface area contributed by atoms with Crippen LogP contribution in [0.4, 0.5) is 0 Å². The van der Waals surface area contributed by atoms with Crippen molar-refractivity contribution in [3.05, 3.63) is 0 Å². The Morgan fingerprint density at radius 1 is 1.03 bits per heavy atom. The summed E-state index contributed by atoms with van der Waals surface area (Å²) in [5.41, 5.74) is -0.122. The van der Waals surface area contributed by atoms with Crippen LogP contribution in [0.15, 0.2) is 0 Å². The zero-order valence-corrected chi connectivity index (χ0v) is 20.6. The predicted octanol–water partition coefficient (Wildman–Crippen LogP) is 5.08. The number of carbonyl (C=O) groups is 2. The van der Waals surface area contributed by atoms with Gasteiger partial charge in [0, 0.05) is 29.9 Å². The van der Waals surface area contributed by atoms with E-state index in [2.05, 4.69) is 53.0 Å². The summed E-state index contributed by atoms with van der Waals surface area (Å²) in [7, 11) is -1.81. The maximum atomic E-state index is 13.3. The minimum Gasteiger partial charge on any atom is -0.414 e. The summed E-state index contributed by atoms with van der Waals surface area (Å²) < 4.78 is 6.75. The number of hydrogen-bond donors (Lipinski definition) is 1. The summed E-state index contributed by atoms with van der Waals surface area (Å²) in [6.45, 7) is 16.1. The van der Waals surface area contributed by atoms with E-state index >= 15 is 0 Å². The summed E-state index contributed by atoms with van der Waals surface area (Å²) in [4.78, 5) is 25.9. The lowest BCUT2D eigenvalue weighted by Crippen LogP contribution is -2.66. The normalized spacial score (nSPS) is 45.3. The van der Waals surface area contributed by atoms with E-state index < -0.39 is 8.32 Å². The van der Waals surface area contributed by atoms with Crippen LogP contribution in [0.5, 0.6) is 0 Å². The molecule has 4 nitrogen and oxygen atoms in total. The molecule has 3 saturated carbocycles. The van der Waals surface area contributed by atoms with E-state index in [1.165, 1.54) is 0 Å². The predicted molar refractivity (Wildman–Crippen MR) is 118 cm³/mol. The van der Waals surface area contributed by atoms with Crippen molar-refractivity contribution in [2.24, 2.45) is 28.6 Å². The van der Waals surface area contributed by atoms with Crippen LogP contribution >= 0.6 is 0 Å². The molecule has 0 aromatic heterocycles. The van der Waals surface area contributed by atoms with E-state index in [9.17, 15) is 9.59 Å². The lowest BCUT2D eigenvalue weighted by atomic mass is 9.49. The fourth-order valence-electron chi connectivity index (χ4n) is 6.95. The number of nitrogens with one attached hydrogen (secondary N) is 1. The number of ketones is 1. The minimum atomic E-state index is -1.81. The molecule has 1 N–H and O–H groups in total. The first kappa shape index (κ1) is 21.5. The molecule has 3 aliphatic carbocycles.